The smallest absolute Gasteiger partial charge is 0.322 e. The summed E-state index contributed by atoms with van der Waals surface area (Å²) in [5.41, 5.74) is 0.993. The summed E-state index contributed by atoms with van der Waals surface area (Å²) in [4.78, 5) is 26.9. The first-order chi connectivity index (χ1) is 15.0. The van der Waals surface area contributed by atoms with Crippen LogP contribution >= 0.6 is 11.3 Å². The van der Waals surface area contributed by atoms with Gasteiger partial charge in [0.2, 0.25) is 5.01 Å². The molecule has 0 radical (unpaired) electrons. The van der Waals surface area contributed by atoms with Crippen molar-refractivity contribution in [2.75, 3.05) is 24.3 Å². The van der Waals surface area contributed by atoms with Gasteiger partial charge in [0, 0.05) is 17.9 Å². The SMILES string of the molecule is COc1ccc(NC(=O)N2CCC[C@H]2c2nnc(C(=O)Nc3cccc(F)c3)s2)cc1. The standard InChI is InChI=1S/C21H20FN5O3S/c1-30-16-9-7-14(8-10-16)24-21(29)27-11-3-6-17(27)19-25-26-20(31-19)18(28)23-15-5-2-4-13(22)12-15/h2,4-5,7-10,12,17H,3,6,11H2,1H3,(H,23,28)(H,24,29)/t17-/m0/s1. The van der Waals surface area contributed by atoms with Crippen LogP contribution in [0.5, 0.6) is 5.75 Å². The average Bonchev–Trinajstić information content (AvgIpc) is 3.44. The Bertz CT molecular complexity index is 1090. The monoisotopic (exact) mass is 441 g/mol. The molecule has 3 amide bonds. The van der Waals surface area contributed by atoms with E-state index in [1.165, 1.54) is 18.2 Å². The highest BCUT2D eigenvalue weighted by molar-refractivity contribution is 7.13. The van der Waals surface area contributed by atoms with Crippen molar-refractivity contribution in [3.8, 4) is 5.75 Å². The summed E-state index contributed by atoms with van der Waals surface area (Å²) in [5, 5.41) is 14.3. The van der Waals surface area contributed by atoms with Gasteiger partial charge in [0.1, 0.15) is 16.6 Å². The minimum absolute atomic E-state index is 0.154. The predicted octanol–water partition coefficient (Wildman–Crippen LogP) is 4.31. The number of carbonyl (C=O) groups is 2. The maximum absolute atomic E-state index is 13.3. The minimum Gasteiger partial charge on any atom is -0.497 e. The number of ether oxygens (including phenoxy) is 1. The second-order valence-corrected chi connectivity index (χ2v) is 7.93. The number of nitrogens with one attached hydrogen (secondary N) is 2. The molecule has 0 aliphatic carbocycles. The maximum atomic E-state index is 13.3. The lowest BCUT2D eigenvalue weighted by Gasteiger charge is -2.23. The summed E-state index contributed by atoms with van der Waals surface area (Å²) in [7, 11) is 1.58. The number of halogens is 1. The molecule has 0 saturated carbocycles. The van der Waals surface area contributed by atoms with Crippen molar-refractivity contribution in [1.29, 1.82) is 0 Å². The molecule has 0 spiro atoms. The molecule has 2 heterocycles. The van der Waals surface area contributed by atoms with Crippen LogP contribution in [0.3, 0.4) is 0 Å². The Labute approximate surface area is 182 Å². The van der Waals surface area contributed by atoms with E-state index >= 15 is 0 Å². The average molecular weight is 441 g/mol. The highest BCUT2D eigenvalue weighted by Gasteiger charge is 2.33. The lowest BCUT2D eigenvalue weighted by atomic mass is 10.2. The third-order valence-corrected chi connectivity index (χ3v) is 5.88. The lowest BCUT2D eigenvalue weighted by Crippen LogP contribution is -2.34. The van der Waals surface area contributed by atoms with E-state index in [-0.39, 0.29) is 17.1 Å². The Balaban J connectivity index is 1.43. The van der Waals surface area contributed by atoms with Gasteiger partial charge in [-0.1, -0.05) is 17.4 Å². The van der Waals surface area contributed by atoms with E-state index in [4.69, 9.17) is 4.74 Å². The second kappa shape index (κ2) is 9.09. The summed E-state index contributed by atoms with van der Waals surface area (Å²) >= 11 is 1.13. The molecule has 4 rings (SSSR count). The molecule has 10 heteroatoms. The number of likely N-dealkylation sites (tertiary alicyclic amines) is 1. The number of methoxy groups -OCH3 is 1. The zero-order valence-electron chi connectivity index (χ0n) is 16.7. The molecule has 2 N–H and O–H groups in total. The summed E-state index contributed by atoms with van der Waals surface area (Å²) in [6.07, 6.45) is 1.56. The number of benzene rings is 2. The summed E-state index contributed by atoms with van der Waals surface area (Å²) in [5.74, 6) is -0.211. The van der Waals surface area contributed by atoms with Gasteiger partial charge in [-0.05, 0) is 55.3 Å². The van der Waals surface area contributed by atoms with Crippen LogP contribution in [-0.4, -0.2) is 40.7 Å². The summed E-state index contributed by atoms with van der Waals surface area (Å²) in [6, 6.07) is 12.2. The van der Waals surface area contributed by atoms with Crippen molar-refractivity contribution < 1.29 is 18.7 Å². The zero-order valence-corrected chi connectivity index (χ0v) is 17.5. The van der Waals surface area contributed by atoms with E-state index in [9.17, 15) is 14.0 Å². The van der Waals surface area contributed by atoms with Gasteiger partial charge in [-0.15, -0.1) is 10.2 Å². The third kappa shape index (κ3) is 4.80. The Kier molecular flexibility index (Phi) is 6.08. The number of aromatic nitrogens is 2. The lowest BCUT2D eigenvalue weighted by molar-refractivity contribution is 0.102. The van der Waals surface area contributed by atoms with Crippen molar-refractivity contribution in [2.24, 2.45) is 0 Å². The molecule has 1 aliphatic heterocycles. The van der Waals surface area contributed by atoms with Gasteiger partial charge in [0.05, 0.1) is 13.2 Å². The van der Waals surface area contributed by atoms with Crippen LogP contribution in [-0.2, 0) is 0 Å². The molecule has 1 saturated heterocycles. The first kappa shape index (κ1) is 20.7. The molecule has 1 aromatic heterocycles. The molecule has 8 nitrogen and oxygen atoms in total. The Morgan fingerprint density at radius 1 is 1.13 bits per heavy atom. The first-order valence-electron chi connectivity index (χ1n) is 9.65. The fraction of sp³-hybridized carbons (Fsp3) is 0.238. The molecule has 1 atom stereocenters. The van der Waals surface area contributed by atoms with Crippen LogP contribution in [0.4, 0.5) is 20.6 Å². The van der Waals surface area contributed by atoms with E-state index in [1.807, 2.05) is 0 Å². The van der Waals surface area contributed by atoms with Crippen molar-refractivity contribution in [3.63, 3.8) is 0 Å². The second-order valence-electron chi connectivity index (χ2n) is 6.92. The number of rotatable bonds is 5. The normalized spacial score (nSPS) is 15.5. The molecule has 0 unspecified atom stereocenters. The number of hydrogen-bond acceptors (Lipinski definition) is 6. The number of hydrogen-bond donors (Lipinski definition) is 2. The van der Waals surface area contributed by atoms with E-state index in [0.29, 0.717) is 28.7 Å². The van der Waals surface area contributed by atoms with Gasteiger partial charge >= 0.3 is 6.03 Å². The number of anilines is 2. The Morgan fingerprint density at radius 2 is 1.94 bits per heavy atom. The Hall–Kier alpha value is -3.53. The van der Waals surface area contributed by atoms with E-state index in [1.54, 1.807) is 42.3 Å². The van der Waals surface area contributed by atoms with E-state index < -0.39 is 11.7 Å². The molecule has 2 aromatic carbocycles. The maximum Gasteiger partial charge on any atom is 0.322 e. The van der Waals surface area contributed by atoms with E-state index in [2.05, 4.69) is 20.8 Å². The zero-order chi connectivity index (χ0) is 21.8. The van der Waals surface area contributed by atoms with Crippen molar-refractivity contribution in [2.45, 2.75) is 18.9 Å². The highest BCUT2D eigenvalue weighted by Crippen LogP contribution is 2.34. The van der Waals surface area contributed by atoms with Crippen LogP contribution in [0.1, 0.15) is 33.7 Å². The van der Waals surface area contributed by atoms with Gasteiger partial charge in [-0.2, -0.15) is 0 Å². The fourth-order valence-corrected chi connectivity index (χ4v) is 4.23. The number of amides is 3. The van der Waals surface area contributed by atoms with Crippen LogP contribution in [0.25, 0.3) is 0 Å². The number of urea groups is 1. The molecular weight excluding hydrogens is 421 g/mol. The largest absolute Gasteiger partial charge is 0.497 e. The number of nitrogens with zero attached hydrogens (tertiary/aromatic N) is 3. The van der Waals surface area contributed by atoms with Gasteiger partial charge < -0.3 is 20.3 Å². The van der Waals surface area contributed by atoms with Crippen molar-refractivity contribution in [1.82, 2.24) is 15.1 Å². The van der Waals surface area contributed by atoms with Crippen LogP contribution in [0.2, 0.25) is 0 Å². The topological polar surface area (TPSA) is 96.4 Å². The van der Waals surface area contributed by atoms with Crippen LogP contribution in [0.15, 0.2) is 48.5 Å². The van der Waals surface area contributed by atoms with Crippen molar-refractivity contribution >= 4 is 34.6 Å². The van der Waals surface area contributed by atoms with Gasteiger partial charge in [0.25, 0.3) is 5.91 Å². The molecule has 0 bridgehead atoms. The molecule has 3 aromatic rings. The molecular formula is C21H20FN5O3S. The van der Waals surface area contributed by atoms with E-state index in [0.717, 1.165) is 24.2 Å². The fourth-order valence-electron chi connectivity index (χ4n) is 3.35. The van der Waals surface area contributed by atoms with Crippen LogP contribution < -0.4 is 15.4 Å². The predicted molar refractivity (Wildman–Crippen MR) is 115 cm³/mol. The third-order valence-electron chi connectivity index (χ3n) is 4.86. The first-order valence-corrected chi connectivity index (χ1v) is 10.5. The van der Waals surface area contributed by atoms with Gasteiger partial charge in [-0.25, -0.2) is 9.18 Å². The highest BCUT2D eigenvalue weighted by atomic mass is 32.1. The molecule has 1 aliphatic rings. The van der Waals surface area contributed by atoms with Crippen LogP contribution in [0, 0.1) is 5.82 Å². The van der Waals surface area contributed by atoms with Crippen molar-refractivity contribution in [3.05, 3.63) is 64.4 Å². The summed E-state index contributed by atoms with van der Waals surface area (Å²) < 4.78 is 18.4. The molecule has 160 valence electrons. The summed E-state index contributed by atoms with van der Waals surface area (Å²) in [6.45, 7) is 0.580. The minimum atomic E-state index is -0.471. The van der Waals surface area contributed by atoms with Gasteiger partial charge in [0.15, 0.2) is 0 Å². The molecule has 31 heavy (non-hydrogen) atoms. The Morgan fingerprint density at radius 3 is 2.68 bits per heavy atom. The van der Waals surface area contributed by atoms with Gasteiger partial charge in [-0.3, -0.25) is 4.79 Å². The number of carbonyl (C=O) groups excluding carboxylic acids is 2. The molecule has 1 fully saturated rings. The quantitative estimate of drug-likeness (QED) is 0.615.